The number of carbonyl (C=O) groups is 2. The lowest BCUT2D eigenvalue weighted by molar-refractivity contribution is -0.467. The summed E-state index contributed by atoms with van der Waals surface area (Å²) in [5, 5.41) is 12.3. The topological polar surface area (TPSA) is 98.5 Å². The summed E-state index contributed by atoms with van der Waals surface area (Å²) < 4.78 is 4.40. The summed E-state index contributed by atoms with van der Waals surface area (Å²) in [6, 6.07) is 8.60. The molecule has 0 aliphatic carbocycles. The molecule has 1 aromatic rings. The van der Waals surface area contributed by atoms with Crippen LogP contribution in [0.4, 0.5) is 5.69 Å². The zero-order chi connectivity index (χ0) is 14.7. The van der Waals surface area contributed by atoms with Crippen LogP contribution in [0.15, 0.2) is 30.3 Å². The van der Waals surface area contributed by atoms with Crippen LogP contribution in [0.2, 0.25) is 0 Å². The first-order valence-electron chi connectivity index (χ1n) is 5.55. The van der Waals surface area contributed by atoms with Gasteiger partial charge in [-0.05, 0) is 19.1 Å². The molecule has 0 unspecified atom stereocenters. The summed E-state index contributed by atoms with van der Waals surface area (Å²) in [5.74, 6) is -0.825. The lowest BCUT2D eigenvalue weighted by atomic mass is 10.3. The number of nitrogens with one attached hydrogen (secondary N) is 1. The third-order valence-electron chi connectivity index (χ3n) is 1.68. The van der Waals surface area contributed by atoms with Gasteiger partial charge in [0.05, 0.1) is 6.61 Å². The molecule has 7 nitrogen and oxygen atoms in total. The van der Waals surface area contributed by atoms with Gasteiger partial charge >= 0.3 is 5.97 Å². The Morgan fingerprint density at radius 1 is 1.32 bits per heavy atom. The maximum atomic E-state index is 10.9. The van der Waals surface area contributed by atoms with Gasteiger partial charge in [0.25, 0.3) is 12.5 Å². The largest absolute Gasteiger partial charge is 0.466 e. The number of benzene rings is 1. The second-order valence-electron chi connectivity index (χ2n) is 3.33. The van der Waals surface area contributed by atoms with Gasteiger partial charge in [0.2, 0.25) is 0 Å². The zero-order valence-corrected chi connectivity index (χ0v) is 10.8. The number of para-hydroxylation sites is 1. The summed E-state index contributed by atoms with van der Waals surface area (Å²) in [5.41, 5.74) is 0.564. The number of ether oxygens (including phenoxy) is 1. The summed E-state index contributed by atoms with van der Waals surface area (Å²) in [7, 11) is 0. The maximum absolute atomic E-state index is 10.9. The lowest BCUT2D eigenvalue weighted by Crippen LogP contribution is -2.21. The number of anilines is 1. The molecule has 0 aromatic heterocycles. The Kier molecular flexibility index (Phi) is 8.35. The van der Waals surface area contributed by atoms with Crippen molar-refractivity contribution < 1.29 is 19.2 Å². The third-order valence-corrected chi connectivity index (χ3v) is 1.68. The first-order chi connectivity index (χ1) is 8.95. The molecule has 0 saturated carbocycles. The quantitative estimate of drug-likeness (QED) is 0.506. The molecule has 1 rings (SSSR count). The van der Waals surface area contributed by atoms with Crippen molar-refractivity contribution in [2.24, 2.45) is 0 Å². The Labute approximate surface area is 110 Å². The molecule has 19 heavy (non-hydrogen) atoms. The van der Waals surface area contributed by atoms with Crippen molar-refractivity contribution in [1.82, 2.24) is 0 Å². The van der Waals surface area contributed by atoms with Crippen LogP contribution in [0.25, 0.3) is 0 Å². The maximum Gasteiger partial charge on any atom is 0.302 e. The van der Waals surface area contributed by atoms with Gasteiger partial charge in [0.1, 0.15) is 0 Å². The van der Waals surface area contributed by atoms with E-state index in [-0.39, 0.29) is 5.97 Å². The highest BCUT2D eigenvalue weighted by atomic mass is 16.6. The highest BCUT2D eigenvalue weighted by molar-refractivity contribution is 5.91. The Morgan fingerprint density at radius 3 is 2.26 bits per heavy atom. The number of carbonyl (C=O) groups excluding carboxylic acids is 2. The monoisotopic (exact) mass is 268 g/mol. The van der Waals surface area contributed by atoms with E-state index in [2.05, 4.69) is 10.1 Å². The van der Waals surface area contributed by atoms with E-state index in [0.29, 0.717) is 12.3 Å². The van der Waals surface area contributed by atoms with Crippen LogP contribution >= 0.6 is 0 Å². The van der Waals surface area contributed by atoms with Crippen LogP contribution in [-0.2, 0) is 14.3 Å². The number of hydrogen-bond acceptors (Lipinski definition) is 5. The van der Waals surface area contributed by atoms with E-state index in [9.17, 15) is 19.7 Å². The van der Waals surface area contributed by atoms with Crippen LogP contribution < -0.4 is 5.32 Å². The van der Waals surface area contributed by atoms with Crippen molar-refractivity contribution in [3.8, 4) is 0 Å². The van der Waals surface area contributed by atoms with Crippen molar-refractivity contribution in [2.75, 3.05) is 18.5 Å². The number of nitro groups is 1. The van der Waals surface area contributed by atoms with E-state index < -0.39 is 17.4 Å². The molecule has 1 amide bonds. The van der Waals surface area contributed by atoms with Crippen molar-refractivity contribution in [2.45, 2.75) is 13.8 Å². The molecule has 0 spiro atoms. The molecule has 0 fully saturated rings. The molecule has 0 atom stereocenters. The minimum absolute atomic E-state index is 0.211. The van der Waals surface area contributed by atoms with Gasteiger partial charge in [-0.3, -0.25) is 19.7 Å². The average molecular weight is 268 g/mol. The smallest absolute Gasteiger partial charge is 0.302 e. The zero-order valence-electron chi connectivity index (χ0n) is 10.8. The van der Waals surface area contributed by atoms with Crippen molar-refractivity contribution in [3.63, 3.8) is 0 Å². The molecule has 7 heteroatoms. The standard InChI is InChI=1S/C8H8N2O3.C4H8O2/c11-8(6-10(12)13)9-7-4-2-1-3-5-7;1-3-6-4(2)5/h1-5H,6H2,(H,9,11);3H2,1-2H3. The summed E-state index contributed by atoms with van der Waals surface area (Å²) in [6.07, 6.45) is 0. The Hall–Kier alpha value is -2.44. The van der Waals surface area contributed by atoms with E-state index >= 15 is 0 Å². The predicted octanol–water partition coefficient (Wildman–Crippen LogP) is 1.47. The molecule has 1 aromatic carbocycles. The minimum Gasteiger partial charge on any atom is -0.466 e. The number of nitrogens with zero attached hydrogens (tertiary/aromatic N) is 1. The highest BCUT2D eigenvalue weighted by Crippen LogP contribution is 2.03. The first-order valence-corrected chi connectivity index (χ1v) is 5.55. The molecule has 0 aliphatic rings. The first kappa shape index (κ1) is 16.6. The molecule has 0 bridgehead atoms. The second kappa shape index (κ2) is 9.58. The van der Waals surface area contributed by atoms with Gasteiger partial charge in [0.15, 0.2) is 0 Å². The van der Waals surface area contributed by atoms with Crippen LogP contribution in [-0.4, -0.2) is 30.0 Å². The normalized spacial score (nSPS) is 8.74. The molecule has 0 radical (unpaired) electrons. The van der Waals surface area contributed by atoms with Gasteiger partial charge in [-0.15, -0.1) is 0 Å². The van der Waals surface area contributed by atoms with E-state index in [0.717, 1.165) is 0 Å². The van der Waals surface area contributed by atoms with E-state index in [1.807, 2.05) is 0 Å². The van der Waals surface area contributed by atoms with Gasteiger partial charge in [-0.1, -0.05) is 18.2 Å². The SMILES string of the molecule is CCOC(C)=O.O=C(C[N+](=O)[O-])Nc1ccccc1. The predicted molar refractivity (Wildman–Crippen MR) is 69.2 cm³/mol. The van der Waals surface area contributed by atoms with Gasteiger partial charge in [0, 0.05) is 17.5 Å². The van der Waals surface area contributed by atoms with Crippen LogP contribution in [0, 0.1) is 10.1 Å². The van der Waals surface area contributed by atoms with Gasteiger partial charge in [-0.25, -0.2) is 0 Å². The van der Waals surface area contributed by atoms with Crippen molar-refractivity contribution in [1.29, 1.82) is 0 Å². The molecule has 0 heterocycles. The fourth-order valence-corrected chi connectivity index (χ4v) is 1.04. The summed E-state index contributed by atoms with van der Waals surface area (Å²) >= 11 is 0. The molecular formula is C12H16N2O5. The van der Waals surface area contributed by atoms with Crippen LogP contribution in [0.1, 0.15) is 13.8 Å². The second-order valence-corrected chi connectivity index (χ2v) is 3.33. The molecule has 104 valence electrons. The van der Waals surface area contributed by atoms with Crippen molar-refractivity contribution in [3.05, 3.63) is 40.4 Å². The molecule has 0 saturated heterocycles. The Bertz CT molecular complexity index is 419. The number of hydrogen-bond donors (Lipinski definition) is 1. The fraction of sp³-hybridized carbons (Fsp3) is 0.333. The van der Waals surface area contributed by atoms with Gasteiger partial charge < -0.3 is 10.1 Å². The van der Waals surface area contributed by atoms with Crippen LogP contribution in [0.3, 0.4) is 0 Å². The number of rotatable bonds is 4. The van der Waals surface area contributed by atoms with Crippen molar-refractivity contribution >= 4 is 17.6 Å². The average Bonchev–Trinajstić information content (AvgIpc) is 2.29. The third kappa shape index (κ3) is 10.4. The Morgan fingerprint density at radius 2 is 1.89 bits per heavy atom. The summed E-state index contributed by atoms with van der Waals surface area (Å²) in [4.78, 5) is 30.0. The van der Waals surface area contributed by atoms with E-state index in [1.165, 1.54) is 6.92 Å². The van der Waals surface area contributed by atoms with Gasteiger partial charge in [-0.2, -0.15) is 0 Å². The molecule has 1 N–H and O–H groups in total. The summed E-state index contributed by atoms with van der Waals surface area (Å²) in [6.45, 7) is 2.95. The minimum atomic E-state index is -0.700. The number of amides is 1. The Balaban J connectivity index is 0.000000459. The van der Waals surface area contributed by atoms with E-state index in [4.69, 9.17) is 0 Å². The fourth-order valence-electron chi connectivity index (χ4n) is 1.04. The molecule has 0 aliphatic heterocycles. The number of esters is 1. The van der Waals surface area contributed by atoms with E-state index in [1.54, 1.807) is 37.3 Å². The van der Waals surface area contributed by atoms with Crippen LogP contribution in [0.5, 0.6) is 0 Å². The lowest BCUT2D eigenvalue weighted by Gasteiger charge is -2.00. The molecular weight excluding hydrogens is 252 g/mol. The highest BCUT2D eigenvalue weighted by Gasteiger charge is 2.08.